The van der Waals surface area contributed by atoms with Crippen molar-refractivity contribution in [3.8, 4) is 0 Å². The van der Waals surface area contributed by atoms with Crippen LogP contribution in [0.4, 0.5) is 0 Å². The van der Waals surface area contributed by atoms with E-state index in [0.717, 1.165) is 11.8 Å². The number of benzene rings is 1. The first-order valence-electron chi connectivity index (χ1n) is 8.68. The molecule has 2 rings (SSSR count). The summed E-state index contributed by atoms with van der Waals surface area (Å²) in [6.07, 6.45) is 9.58. The Morgan fingerprint density at radius 2 is 1.86 bits per heavy atom. The van der Waals surface area contributed by atoms with Gasteiger partial charge in [-0.3, -0.25) is 0 Å². The summed E-state index contributed by atoms with van der Waals surface area (Å²) < 4.78 is 0. The van der Waals surface area contributed by atoms with Crippen molar-refractivity contribution in [2.75, 3.05) is 6.54 Å². The second-order valence-corrected chi connectivity index (χ2v) is 7.76. The van der Waals surface area contributed by atoms with Gasteiger partial charge >= 0.3 is 0 Å². The van der Waals surface area contributed by atoms with Gasteiger partial charge in [0.25, 0.3) is 0 Å². The lowest BCUT2D eigenvalue weighted by Crippen LogP contribution is -2.39. The van der Waals surface area contributed by atoms with Crippen LogP contribution in [0.1, 0.15) is 63.0 Å². The molecule has 0 bridgehead atoms. The molecule has 0 aliphatic heterocycles. The minimum absolute atomic E-state index is 0.690. The molecule has 1 saturated carbocycles. The van der Waals surface area contributed by atoms with Gasteiger partial charge in [0.1, 0.15) is 0 Å². The lowest BCUT2D eigenvalue weighted by molar-refractivity contribution is 0.400. The van der Waals surface area contributed by atoms with Gasteiger partial charge in [-0.05, 0) is 51.3 Å². The fraction of sp³-hybridized carbons (Fsp3) is 0.684. The molecule has 2 atom stereocenters. The molecular weight excluding hydrogens is 274 g/mol. The first-order chi connectivity index (χ1) is 10.2. The predicted octanol–water partition coefficient (Wildman–Crippen LogP) is 5.49. The molecule has 1 aromatic carbocycles. The second-order valence-electron chi connectivity index (χ2n) is 6.48. The molecule has 0 heterocycles. The van der Waals surface area contributed by atoms with Crippen molar-refractivity contribution in [2.45, 2.75) is 81.9 Å². The van der Waals surface area contributed by atoms with Gasteiger partial charge in [-0.15, -0.1) is 11.8 Å². The van der Waals surface area contributed by atoms with E-state index in [-0.39, 0.29) is 0 Å². The fourth-order valence-electron chi connectivity index (χ4n) is 3.15. The Kier molecular flexibility index (Phi) is 7.12. The fourth-order valence-corrected chi connectivity index (χ4v) is 4.67. The summed E-state index contributed by atoms with van der Waals surface area (Å²) >= 11 is 2.12. The molecular formula is C19H31NS. The number of aryl methyl sites for hydroxylation is 2. The van der Waals surface area contributed by atoms with Gasteiger partial charge in [-0.25, -0.2) is 0 Å². The molecule has 0 radical (unpaired) electrons. The van der Waals surface area contributed by atoms with E-state index in [1.165, 1.54) is 61.0 Å². The zero-order valence-corrected chi connectivity index (χ0v) is 14.8. The quantitative estimate of drug-likeness (QED) is 0.772. The maximum Gasteiger partial charge on any atom is 0.0248 e. The third-order valence-corrected chi connectivity index (χ3v) is 6.04. The molecule has 0 amide bonds. The van der Waals surface area contributed by atoms with Crippen LogP contribution in [0.3, 0.4) is 0 Å². The topological polar surface area (TPSA) is 12.0 Å². The minimum atomic E-state index is 0.690. The van der Waals surface area contributed by atoms with Crippen LogP contribution in [0.25, 0.3) is 0 Å². The third kappa shape index (κ3) is 5.34. The van der Waals surface area contributed by atoms with Gasteiger partial charge in [0.05, 0.1) is 0 Å². The number of hydrogen-bond donors (Lipinski definition) is 1. The third-order valence-electron chi connectivity index (χ3n) is 4.48. The second kappa shape index (κ2) is 8.85. The monoisotopic (exact) mass is 305 g/mol. The lowest BCUT2D eigenvalue weighted by atomic mass is 9.96. The van der Waals surface area contributed by atoms with Gasteiger partial charge < -0.3 is 5.32 Å². The number of thioether (sulfide) groups is 1. The van der Waals surface area contributed by atoms with Gasteiger partial charge in [-0.1, -0.05) is 50.3 Å². The van der Waals surface area contributed by atoms with Crippen molar-refractivity contribution in [3.63, 3.8) is 0 Å². The summed E-state index contributed by atoms with van der Waals surface area (Å²) in [7, 11) is 0. The van der Waals surface area contributed by atoms with Crippen LogP contribution in [0.15, 0.2) is 23.1 Å². The van der Waals surface area contributed by atoms with E-state index in [0.29, 0.717) is 6.04 Å². The highest BCUT2D eigenvalue weighted by molar-refractivity contribution is 8.00. The van der Waals surface area contributed by atoms with Gasteiger partial charge in [-0.2, -0.15) is 0 Å². The highest BCUT2D eigenvalue weighted by atomic mass is 32.2. The Morgan fingerprint density at radius 3 is 2.62 bits per heavy atom. The Bertz CT molecular complexity index is 428. The molecule has 1 fully saturated rings. The summed E-state index contributed by atoms with van der Waals surface area (Å²) in [5, 5.41) is 4.56. The standard InChI is InChI=1S/C19H31NS/c1-4-13-20-17-9-7-5-6-8-10-18(17)21-19-14-15(2)11-12-16(19)3/h11-12,14,17-18,20H,4-10,13H2,1-3H3. The predicted molar refractivity (Wildman–Crippen MR) is 95.3 cm³/mol. The summed E-state index contributed by atoms with van der Waals surface area (Å²) in [6, 6.07) is 7.56. The molecule has 2 unspecified atom stereocenters. The molecule has 1 N–H and O–H groups in total. The maximum atomic E-state index is 3.82. The van der Waals surface area contributed by atoms with Crippen molar-refractivity contribution in [2.24, 2.45) is 0 Å². The first kappa shape index (κ1) is 16.9. The summed E-state index contributed by atoms with van der Waals surface area (Å²) in [5.74, 6) is 0. The van der Waals surface area contributed by atoms with E-state index in [2.05, 4.69) is 56.0 Å². The van der Waals surface area contributed by atoms with E-state index >= 15 is 0 Å². The van der Waals surface area contributed by atoms with Crippen molar-refractivity contribution >= 4 is 11.8 Å². The van der Waals surface area contributed by atoms with E-state index in [4.69, 9.17) is 0 Å². The molecule has 1 nitrogen and oxygen atoms in total. The van der Waals surface area contributed by atoms with Crippen molar-refractivity contribution < 1.29 is 0 Å². The number of rotatable bonds is 5. The molecule has 118 valence electrons. The van der Waals surface area contributed by atoms with Crippen LogP contribution in [0.2, 0.25) is 0 Å². The van der Waals surface area contributed by atoms with Crippen molar-refractivity contribution in [1.29, 1.82) is 0 Å². The summed E-state index contributed by atoms with van der Waals surface area (Å²) in [4.78, 5) is 1.49. The Balaban J connectivity index is 2.08. The number of nitrogens with one attached hydrogen (secondary N) is 1. The smallest absolute Gasteiger partial charge is 0.0248 e. The van der Waals surface area contributed by atoms with Crippen LogP contribution in [0.5, 0.6) is 0 Å². The zero-order valence-electron chi connectivity index (χ0n) is 14.0. The van der Waals surface area contributed by atoms with Crippen LogP contribution in [0, 0.1) is 13.8 Å². The normalized spacial score (nSPS) is 23.6. The van der Waals surface area contributed by atoms with E-state index in [1.807, 2.05) is 0 Å². The van der Waals surface area contributed by atoms with Gasteiger partial charge in [0.15, 0.2) is 0 Å². The molecule has 0 aromatic heterocycles. The first-order valence-corrected chi connectivity index (χ1v) is 9.56. The van der Waals surface area contributed by atoms with E-state index in [9.17, 15) is 0 Å². The van der Waals surface area contributed by atoms with Crippen molar-refractivity contribution in [3.05, 3.63) is 29.3 Å². The molecule has 0 spiro atoms. The Labute approximate surface area is 135 Å². The largest absolute Gasteiger partial charge is 0.313 e. The molecule has 1 aliphatic carbocycles. The highest BCUT2D eigenvalue weighted by Crippen LogP contribution is 2.34. The van der Waals surface area contributed by atoms with Crippen LogP contribution in [-0.2, 0) is 0 Å². The number of hydrogen-bond acceptors (Lipinski definition) is 2. The summed E-state index contributed by atoms with van der Waals surface area (Å²) in [5.41, 5.74) is 2.81. The van der Waals surface area contributed by atoms with Crippen LogP contribution < -0.4 is 5.32 Å². The van der Waals surface area contributed by atoms with Gasteiger partial charge in [0, 0.05) is 16.2 Å². The molecule has 1 aromatic rings. The molecule has 0 saturated heterocycles. The maximum absolute atomic E-state index is 3.82. The molecule has 2 heteroatoms. The van der Waals surface area contributed by atoms with Crippen molar-refractivity contribution in [1.82, 2.24) is 5.32 Å². The molecule has 21 heavy (non-hydrogen) atoms. The average Bonchev–Trinajstić information content (AvgIpc) is 2.45. The van der Waals surface area contributed by atoms with Crippen LogP contribution >= 0.6 is 11.8 Å². The van der Waals surface area contributed by atoms with E-state index < -0.39 is 0 Å². The minimum Gasteiger partial charge on any atom is -0.313 e. The average molecular weight is 306 g/mol. The Morgan fingerprint density at radius 1 is 1.10 bits per heavy atom. The zero-order chi connectivity index (χ0) is 15.1. The SMILES string of the molecule is CCCNC1CCCCCCC1Sc1cc(C)ccc1C. The molecule has 1 aliphatic rings. The van der Waals surface area contributed by atoms with Crippen LogP contribution in [-0.4, -0.2) is 17.8 Å². The van der Waals surface area contributed by atoms with Gasteiger partial charge in [0.2, 0.25) is 0 Å². The lowest BCUT2D eigenvalue weighted by Gasteiger charge is -2.30. The summed E-state index contributed by atoms with van der Waals surface area (Å²) in [6.45, 7) is 7.88. The highest BCUT2D eigenvalue weighted by Gasteiger charge is 2.23. The Hall–Kier alpha value is -0.470. The van der Waals surface area contributed by atoms with E-state index in [1.54, 1.807) is 0 Å².